The smallest absolute Gasteiger partial charge is 0.252 e. The number of hydrazone groups is 1. The summed E-state index contributed by atoms with van der Waals surface area (Å²) in [6.07, 6.45) is 1.59. The largest absolute Gasteiger partial charge is 0.454 e. The lowest BCUT2D eigenvalue weighted by Crippen LogP contribution is -2.26. The maximum absolute atomic E-state index is 12.1. The molecule has 124 valence electrons. The molecule has 0 bridgehead atoms. The van der Waals surface area contributed by atoms with E-state index in [-0.39, 0.29) is 18.0 Å². The van der Waals surface area contributed by atoms with Crippen LogP contribution in [0.15, 0.2) is 53.6 Å². The summed E-state index contributed by atoms with van der Waals surface area (Å²) < 4.78 is 10.6. The van der Waals surface area contributed by atoms with E-state index in [0.717, 1.165) is 17.1 Å². The molecule has 0 aliphatic carbocycles. The van der Waals surface area contributed by atoms with E-state index in [4.69, 9.17) is 9.47 Å². The van der Waals surface area contributed by atoms with Gasteiger partial charge in [-0.05, 0) is 36.2 Å². The van der Waals surface area contributed by atoms with Gasteiger partial charge in [0.2, 0.25) is 6.79 Å². The van der Waals surface area contributed by atoms with Gasteiger partial charge >= 0.3 is 0 Å². The Bertz CT molecular complexity index is 734. The molecule has 1 N–H and O–H groups in total. The minimum absolute atomic E-state index is 0.118. The van der Waals surface area contributed by atoms with Crippen molar-refractivity contribution in [2.45, 2.75) is 17.9 Å². The average Bonchev–Trinajstić information content (AvgIpc) is 3.08. The van der Waals surface area contributed by atoms with Gasteiger partial charge in [0.1, 0.15) is 0 Å². The number of carbonyl (C=O) groups excluding carboxylic acids is 1. The standard InChI is InChI=1S/C18H18N2O3S/c1-13(24-11-14-5-3-2-4-6-14)18(21)20-19-10-15-7-8-16-17(9-15)23-12-22-16/h2-10,13H,11-12H2,1H3,(H,20,21)/b19-10-/t13-/m1/s1. The van der Waals surface area contributed by atoms with Crippen LogP contribution >= 0.6 is 11.8 Å². The number of hydrogen-bond acceptors (Lipinski definition) is 5. The molecule has 0 spiro atoms. The van der Waals surface area contributed by atoms with Crippen LogP contribution in [0, 0.1) is 0 Å². The molecule has 0 saturated heterocycles. The van der Waals surface area contributed by atoms with Gasteiger partial charge in [-0.25, -0.2) is 5.43 Å². The molecule has 6 heteroatoms. The molecular weight excluding hydrogens is 324 g/mol. The van der Waals surface area contributed by atoms with Crippen LogP contribution in [0.4, 0.5) is 0 Å². The predicted octanol–water partition coefficient (Wildman–Crippen LogP) is 3.19. The Balaban J connectivity index is 1.47. The molecule has 2 aromatic rings. The fourth-order valence-corrected chi connectivity index (χ4v) is 2.96. The number of fused-ring (bicyclic) bond motifs is 1. The molecule has 1 aliphatic heterocycles. The Morgan fingerprint density at radius 2 is 2.04 bits per heavy atom. The highest BCUT2D eigenvalue weighted by molar-refractivity contribution is 7.99. The molecule has 1 heterocycles. The first kappa shape index (κ1) is 16.4. The third-order valence-corrected chi connectivity index (χ3v) is 4.71. The normalized spacial score (nSPS) is 13.9. The van der Waals surface area contributed by atoms with Crippen molar-refractivity contribution < 1.29 is 14.3 Å². The van der Waals surface area contributed by atoms with Crippen molar-refractivity contribution in [1.82, 2.24) is 5.43 Å². The number of benzene rings is 2. The topological polar surface area (TPSA) is 59.9 Å². The molecule has 1 atom stereocenters. The number of carbonyl (C=O) groups is 1. The van der Waals surface area contributed by atoms with Crippen LogP contribution < -0.4 is 14.9 Å². The molecule has 2 aromatic carbocycles. The van der Waals surface area contributed by atoms with Gasteiger partial charge in [-0.3, -0.25) is 4.79 Å². The lowest BCUT2D eigenvalue weighted by atomic mass is 10.2. The number of thioether (sulfide) groups is 1. The van der Waals surface area contributed by atoms with Gasteiger partial charge in [-0.15, -0.1) is 11.8 Å². The zero-order valence-corrected chi connectivity index (χ0v) is 14.1. The summed E-state index contributed by atoms with van der Waals surface area (Å²) in [5, 5.41) is 3.83. The number of rotatable bonds is 6. The zero-order valence-electron chi connectivity index (χ0n) is 13.3. The van der Waals surface area contributed by atoms with Gasteiger partial charge < -0.3 is 9.47 Å². The maximum atomic E-state index is 12.1. The number of amides is 1. The van der Waals surface area contributed by atoms with Crippen molar-refractivity contribution in [3.63, 3.8) is 0 Å². The van der Waals surface area contributed by atoms with Crippen LogP contribution in [0.1, 0.15) is 18.1 Å². The van der Waals surface area contributed by atoms with Crippen molar-refractivity contribution in [1.29, 1.82) is 0 Å². The highest BCUT2D eigenvalue weighted by Crippen LogP contribution is 2.31. The number of hydrogen-bond donors (Lipinski definition) is 1. The van der Waals surface area contributed by atoms with E-state index in [1.807, 2.05) is 43.3 Å². The molecule has 24 heavy (non-hydrogen) atoms. The Hall–Kier alpha value is -2.47. The average molecular weight is 342 g/mol. The summed E-state index contributed by atoms with van der Waals surface area (Å²) in [4.78, 5) is 12.1. The Morgan fingerprint density at radius 3 is 2.88 bits per heavy atom. The zero-order chi connectivity index (χ0) is 16.8. The molecule has 0 saturated carbocycles. The fraction of sp³-hybridized carbons (Fsp3) is 0.222. The maximum Gasteiger partial charge on any atom is 0.252 e. The quantitative estimate of drug-likeness (QED) is 0.647. The summed E-state index contributed by atoms with van der Waals surface area (Å²) in [5.74, 6) is 2.09. The Morgan fingerprint density at radius 1 is 1.25 bits per heavy atom. The molecule has 5 nitrogen and oxygen atoms in total. The number of ether oxygens (including phenoxy) is 2. The van der Waals surface area contributed by atoms with Gasteiger partial charge in [-0.2, -0.15) is 5.10 Å². The van der Waals surface area contributed by atoms with Crippen LogP contribution in [-0.4, -0.2) is 24.2 Å². The van der Waals surface area contributed by atoms with Gasteiger partial charge in [0.15, 0.2) is 11.5 Å². The van der Waals surface area contributed by atoms with Gasteiger partial charge in [0.05, 0.1) is 11.5 Å². The summed E-state index contributed by atoms with van der Waals surface area (Å²) >= 11 is 1.58. The first-order valence-electron chi connectivity index (χ1n) is 7.60. The monoisotopic (exact) mass is 342 g/mol. The van der Waals surface area contributed by atoms with Crippen LogP contribution in [-0.2, 0) is 10.5 Å². The summed E-state index contributed by atoms with van der Waals surface area (Å²) in [7, 11) is 0. The molecule has 3 rings (SSSR count). The fourth-order valence-electron chi connectivity index (χ4n) is 2.13. The van der Waals surface area contributed by atoms with E-state index >= 15 is 0 Å². The SMILES string of the molecule is C[C@@H](SCc1ccccc1)C(=O)N/N=C\c1ccc2c(c1)OCO2. The third-order valence-electron chi connectivity index (χ3n) is 3.50. The third kappa shape index (κ3) is 4.29. The van der Waals surface area contributed by atoms with Gasteiger partial charge in [-0.1, -0.05) is 30.3 Å². The van der Waals surface area contributed by atoms with E-state index in [1.54, 1.807) is 18.0 Å². The van der Waals surface area contributed by atoms with E-state index in [0.29, 0.717) is 5.75 Å². The van der Waals surface area contributed by atoms with Crippen molar-refractivity contribution in [3.8, 4) is 11.5 Å². The van der Waals surface area contributed by atoms with Crippen molar-refractivity contribution in [3.05, 3.63) is 59.7 Å². The lowest BCUT2D eigenvalue weighted by Gasteiger charge is -2.09. The van der Waals surface area contributed by atoms with E-state index in [9.17, 15) is 4.79 Å². The van der Waals surface area contributed by atoms with Crippen LogP contribution in [0.2, 0.25) is 0 Å². The molecule has 1 aliphatic rings. The van der Waals surface area contributed by atoms with Crippen molar-refractivity contribution in [2.75, 3.05) is 6.79 Å². The molecule has 0 fully saturated rings. The van der Waals surface area contributed by atoms with Crippen molar-refractivity contribution >= 4 is 23.9 Å². The second-order valence-corrected chi connectivity index (χ2v) is 6.61. The summed E-state index contributed by atoms with van der Waals surface area (Å²) in [6.45, 7) is 2.11. The molecule has 0 radical (unpaired) electrons. The highest BCUT2D eigenvalue weighted by Gasteiger charge is 2.14. The molecule has 0 unspecified atom stereocenters. The predicted molar refractivity (Wildman–Crippen MR) is 95.5 cm³/mol. The minimum atomic E-state index is -0.181. The highest BCUT2D eigenvalue weighted by atomic mass is 32.2. The molecular formula is C18H18N2O3S. The van der Waals surface area contributed by atoms with E-state index < -0.39 is 0 Å². The van der Waals surface area contributed by atoms with Crippen LogP contribution in [0.25, 0.3) is 0 Å². The molecule has 1 amide bonds. The summed E-state index contributed by atoms with van der Waals surface area (Å²) in [5.41, 5.74) is 4.61. The van der Waals surface area contributed by atoms with Crippen molar-refractivity contribution in [2.24, 2.45) is 5.10 Å². The lowest BCUT2D eigenvalue weighted by molar-refractivity contribution is -0.120. The van der Waals surface area contributed by atoms with Gasteiger partial charge in [0.25, 0.3) is 5.91 Å². The second-order valence-electron chi connectivity index (χ2n) is 5.29. The Labute approximate surface area is 145 Å². The van der Waals surface area contributed by atoms with Crippen LogP contribution in [0.3, 0.4) is 0 Å². The molecule has 0 aromatic heterocycles. The summed E-state index contributed by atoms with van der Waals surface area (Å²) in [6, 6.07) is 15.6. The Kier molecular flexibility index (Phi) is 5.38. The minimum Gasteiger partial charge on any atom is -0.454 e. The van der Waals surface area contributed by atoms with Gasteiger partial charge in [0, 0.05) is 5.75 Å². The first-order valence-corrected chi connectivity index (χ1v) is 8.65. The number of nitrogens with zero attached hydrogens (tertiary/aromatic N) is 1. The first-order chi connectivity index (χ1) is 11.7. The number of nitrogens with one attached hydrogen (secondary N) is 1. The van der Waals surface area contributed by atoms with E-state index in [1.165, 1.54) is 5.56 Å². The van der Waals surface area contributed by atoms with E-state index in [2.05, 4.69) is 22.7 Å². The van der Waals surface area contributed by atoms with Crippen LogP contribution in [0.5, 0.6) is 11.5 Å². The second kappa shape index (κ2) is 7.88.